The van der Waals surface area contributed by atoms with Crippen LogP contribution in [-0.2, 0) is 23.1 Å². The molecule has 2 rings (SSSR count). The number of sulfonamides is 1. The van der Waals surface area contributed by atoms with E-state index in [-0.39, 0.29) is 28.6 Å². The van der Waals surface area contributed by atoms with Gasteiger partial charge in [-0.3, -0.25) is 0 Å². The monoisotopic (exact) mass is 412 g/mol. The van der Waals surface area contributed by atoms with E-state index in [0.29, 0.717) is 0 Å². The van der Waals surface area contributed by atoms with Crippen LogP contribution in [0.1, 0.15) is 10.4 Å². The highest BCUT2D eigenvalue weighted by Crippen LogP contribution is 2.25. The smallest absolute Gasteiger partial charge is 0.241 e. The molecule has 0 bridgehead atoms. The molecular formula is C12H11BrClFN2O2S2. The summed E-state index contributed by atoms with van der Waals surface area (Å²) in [6.07, 6.45) is 0. The molecule has 0 aliphatic rings. The van der Waals surface area contributed by atoms with Crippen LogP contribution >= 0.6 is 38.9 Å². The van der Waals surface area contributed by atoms with Gasteiger partial charge in [-0.15, -0.1) is 11.3 Å². The predicted molar refractivity (Wildman–Crippen MR) is 85.3 cm³/mol. The molecule has 0 atom stereocenters. The van der Waals surface area contributed by atoms with Gasteiger partial charge >= 0.3 is 0 Å². The van der Waals surface area contributed by atoms with Crippen LogP contribution in [0.2, 0.25) is 5.02 Å². The molecule has 0 aliphatic heterocycles. The first-order chi connectivity index (χ1) is 9.83. The van der Waals surface area contributed by atoms with Crippen molar-refractivity contribution in [2.45, 2.75) is 18.0 Å². The van der Waals surface area contributed by atoms with Crippen LogP contribution in [0.5, 0.6) is 0 Å². The molecule has 21 heavy (non-hydrogen) atoms. The Morgan fingerprint density at radius 3 is 2.67 bits per heavy atom. The lowest BCUT2D eigenvalue weighted by Crippen LogP contribution is -2.23. The minimum absolute atomic E-state index is 0.0447. The Kier molecular flexibility index (Phi) is 5.39. The van der Waals surface area contributed by atoms with Crippen molar-refractivity contribution < 1.29 is 12.8 Å². The Morgan fingerprint density at radius 1 is 1.38 bits per heavy atom. The minimum atomic E-state index is -3.83. The summed E-state index contributed by atoms with van der Waals surface area (Å²) in [5.74, 6) is -0.807. The van der Waals surface area contributed by atoms with E-state index in [4.69, 9.17) is 17.3 Å². The lowest BCUT2D eigenvalue weighted by molar-refractivity contribution is 0.577. The highest BCUT2D eigenvalue weighted by Gasteiger charge is 2.18. The van der Waals surface area contributed by atoms with Gasteiger partial charge in [-0.05, 0) is 39.7 Å². The van der Waals surface area contributed by atoms with E-state index in [1.165, 1.54) is 17.4 Å². The molecule has 0 spiro atoms. The number of hydrogen-bond acceptors (Lipinski definition) is 4. The standard InChI is InChI=1S/C12H11BrClFN2O2S2/c13-8-2-9(20-6-8)5-17-21(18,19)10-1-7(4-16)12(14)11(15)3-10/h1-3,6,17H,4-5,16H2. The molecule has 0 unspecified atom stereocenters. The van der Waals surface area contributed by atoms with Crippen molar-refractivity contribution in [3.05, 3.63) is 49.3 Å². The van der Waals surface area contributed by atoms with Crippen molar-refractivity contribution in [3.63, 3.8) is 0 Å². The summed E-state index contributed by atoms with van der Waals surface area (Å²) in [6.45, 7) is 0.0811. The first kappa shape index (κ1) is 16.9. The molecule has 0 radical (unpaired) electrons. The third kappa shape index (κ3) is 4.02. The maximum Gasteiger partial charge on any atom is 0.241 e. The summed E-state index contributed by atoms with van der Waals surface area (Å²) in [5.41, 5.74) is 5.68. The zero-order chi connectivity index (χ0) is 15.6. The van der Waals surface area contributed by atoms with Gasteiger partial charge in [0.15, 0.2) is 0 Å². The Hall–Kier alpha value is -0.510. The Balaban J connectivity index is 2.25. The number of nitrogens with one attached hydrogen (secondary N) is 1. The maximum atomic E-state index is 13.6. The first-order valence-electron chi connectivity index (χ1n) is 5.74. The fourth-order valence-corrected chi connectivity index (χ4v) is 4.35. The van der Waals surface area contributed by atoms with E-state index in [0.717, 1.165) is 15.4 Å². The molecule has 1 heterocycles. The average Bonchev–Trinajstić information content (AvgIpc) is 2.85. The van der Waals surface area contributed by atoms with E-state index >= 15 is 0 Å². The number of hydrogen-bond donors (Lipinski definition) is 2. The van der Waals surface area contributed by atoms with Crippen LogP contribution in [0.15, 0.2) is 32.9 Å². The van der Waals surface area contributed by atoms with Gasteiger partial charge in [0.1, 0.15) is 5.82 Å². The first-order valence-corrected chi connectivity index (χ1v) is 9.27. The maximum absolute atomic E-state index is 13.6. The summed E-state index contributed by atoms with van der Waals surface area (Å²) in [6, 6.07) is 3.97. The van der Waals surface area contributed by atoms with Crippen LogP contribution in [0, 0.1) is 5.82 Å². The SMILES string of the molecule is NCc1cc(S(=O)(=O)NCc2cc(Br)cs2)cc(F)c1Cl. The fourth-order valence-electron chi connectivity index (χ4n) is 1.62. The largest absolute Gasteiger partial charge is 0.326 e. The highest BCUT2D eigenvalue weighted by atomic mass is 79.9. The van der Waals surface area contributed by atoms with Crippen LogP contribution in [0.3, 0.4) is 0 Å². The second-order valence-electron chi connectivity index (χ2n) is 4.14. The van der Waals surface area contributed by atoms with Gasteiger partial charge in [0.05, 0.1) is 9.92 Å². The van der Waals surface area contributed by atoms with Crippen LogP contribution in [0.4, 0.5) is 4.39 Å². The molecular weight excluding hydrogens is 403 g/mol. The number of benzene rings is 1. The molecule has 114 valence electrons. The van der Waals surface area contributed by atoms with Gasteiger partial charge < -0.3 is 5.73 Å². The minimum Gasteiger partial charge on any atom is -0.326 e. The Morgan fingerprint density at radius 2 is 2.10 bits per heavy atom. The molecule has 1 aromatic heterocycles. The van der Waals surface area contributed by atoms with Crippen molar-refractivity contribution in [3.8, 4) is 0 Å². The molecule has 4 nitrogen and oxygen atoms in total. The molecule has 9 heteroatoms. The van der Waals surface area contributed by atoms with E-state index in [2.05, 4.69) is 20.7 Å². The molecule has 0 fully saturated rings. The molecule has 0 saturated carbocycles. The van der Waals surface area contributed by atoms with Crippen molar-refractivity contribution in [2.75, 3.05) is 0 Å². The molecule has 0 amide bonds. The topological polar surface area (TPSA) is 72.2 Å². The lowest BCUT2D eigenvalue weighted by Gasteiger charge is -2.09. The Bertz CT molecular complexity index is 765. The van der Waals surface area contributed by atoms with Crippen LogP contribution in [0.25, 0.3) is 0 Å². The third-order valence-electron chi connectivity index (χ3n) is 2.67. The molecule has 0 saturated heterocycles. The summed E-state index contributed by atoms with van der Waals surface area (Å²) >= 11 is 10.4. The highest BCUT2D eigenvalue weighted by molar-refractivity contribution is 9.10. The van der Waals surface area contributed by atoms with Gasteiger partial charge in [-0.1, -0.05) is 11.6 Å². The normalized spacial score (nSPS) is 11.8. The van der Waals surface area contributed by atoms with Gasteiger partial charge in [0, 0.05) is 27.8 Å². The van der Waals surface area contributed by atoms with Gasteiger partial charge in [0.25, 0.3) is 0 Å². The predicted octanol–water partition coefficient (Wildman–Crippen LogP) is 3.24. The zero-order valence-corrected chi connectivity index (χ0v) is 14.5. The number of rotatable bonds is 5. The molecule has 0 aliphatic carbocycles. The second kappa shape index (κ2) is 6.72. The summed E-state index contributed by atoms with van der Waals surface area (Å²) in [4.78, 5) is 0.638. The van der Waals surface area contributed by atoms with Crippen LogP contribution < -0.4 is 10.5 Å². The van der Waals surface area contributed by atoms with Crippen LogP contribution in [-0.4, -0.2) is 8.42 Å². The fraction of sp³-hybridized carbons (Fsp3) is 0.167. The average molecular weight is 414 g/mol. The number of nitrogens with two attached hydrogens (primary N) is 1. The molecule has 3 N–H and O–H groups in total. The summed E-state index contributed by atoms with van der Waals surface area (Å²) in [5, 5.41) is 1.69. The zero-order valence-electron chi connectivity index (χ0n) is 10.6. The van der Waals surface area contributed by atoms with E-state index in [1.54, 1.807) is 6.07 Å². The molecule has 1 aromatic carbocycles. The van der Waals surface area contributed by atoms with Gasteiger partial charge in [-0.2, -0.15) is 0 Å². The van der Waals surface area contributed by atoms with Gasteiger partial charge in [0.2, 0.25) is 10.0 Å². The van der Waals surface area contributed by atoms with Crippen molar-refractivity contribution >= 4 is 48.9 Å². The quantitative estimate of drug-likeness (QED) is 0.790. The summed E-state index contributed by atoms with van der Waals surface area (Å²) < 4.78 is 41.3. The van der Waals surface area contributed by atoms with Crippen molar-refractivity contribution in [1.29, 1.82) is 0 Å². The third-order valence-corrected chi connectivity index (χ3v) is 6.17. The second-order valence-corrected chi connectivity index (χ2v) is 8.19. The van der Waals surface area contributed by atoms with E-state index in [1.807, 2.05) is 5.38 Å². The van der Waals surface area contributed by atoms with E-state index in [9.17, 15) is 12.8 Å². The van der Waals surface area contributed by atoms with Gasteiger partial charge in [-0.25, -0.2) is 17.5 Å². The van der Waals surface area contributed by atoms with E-state index < -0.39 is 15.8 Å². The Labute approximate surface area is 139 Å². The summed E-state index contributed by atoms with van der Waals surface area (Å²) in [7, 11) is -3.83. The number of halogens is 3. The van der Waals surface area contributed by atoms with Crippen molar-refractivity contribution in [1.82, 2.24) is 4.72 Å². The lowest BCUT2D eigenvalue weighted by atomic mass is 10.2. The van der Waals surface area contributed by atoms with Crippen molar-refractivity contribution in [2.24, 2.45) is 5.73 Å². The number of thiophene rings is 1. The molecule has 2 aromatic rings.